The van der Waals surface area contributed by atoms with Crippen molar-refractivity contribution in [2.75, 3.05) is 13.1 Å². The van der Waals surface area contributed by atoms with Crippen LogP contribution in [0.25, 0.3) is 10.9 Å². The molecule has 1 aromatic heterocycles. The summed E-state index contributed by atoms with van der Waals surface area (Å²) in [5.41, 5.74) is 2.88. The number of likely N-dealkylation sites (tertiary alicyclic amines) is 1. The summed E-state index contributed by atoms with van der Waals surface area (Å²) in [5, 5.41) is 3.92. The fraction of sp³-hybridized carbons (Fsp3) is 0.348. The molecule has 29 heavy (non-hydrogen) atoms. The van der Waals surface area contributed by atoms with Gasteiger partial charge in [0.05, 0.1) is 5.54 Å². The third-order valence-electron chi connectivity index (χ3n) is 5.98. The van der Waals surface area contributed by atoms with Crippen molar-refractivity contribution in [3.8, 4) is 0 Å². The van der Waals surface area contributed by atoms with Gasteiger partial charge in [0.1, 0.15) is 11.6 Å². The lowest BCUT2D eigenvalue weighted by Crippen LogP contribution is -2.52. The van der Waals surface area contributed by atoms with Crippen LogP contribution in [-0.4, -0.2) is 28.9 Å². The highest BCUT2D eigenvalue weighted by Gasteiger charge is 2.38. The summed E-state index contributed by atoms with van der Waals surface area (Å²) >= 11 is 0. The molecule has 1 fully saturated rings. The number of aryl methyl sites for hydroxylation is 1. The van der Waals surface area contributed by atoms with Gasteiger partial charge in [-0.1, -0.05) is 18.2 Å². The van der Waals surface area contributed by atoms with Gasteiger partial charge in [-0.15, -0.1) is 0 Å². The molecule has 1 aliphatic heterocycles. The smallest absolute Gasteiger partial charge is 0.217 e. The van der Waals surface area contributed by atoms with Crippen LogP contribution in [0.15, 0.2) is 42.5 Å². The third-order valence-corrected chi connectivity index (χ3v) is 5.98. The molecule has 4 nitrogen and oxygen atoms in total. The Morgan fingerprint density at radius 3 is 2.59 bits per heavy atom. The lowest BCUT2D eigenvalue weighted by Gasteiger charge is -2.42. The normalized spacial score (nSPS) is 16.8. The number of carbonyl (C=O) groups is 1. The van der Waals surface area contributed by atoms with Gasteiger partial charge >= 0.3 is 0 Å². The minimum atomic E-state index is -0.699. The van der Waals surface area contributed by atoms with Gasteiger partial charge in [0.2, 0.25) is 5.91 Å². The van der Waals surface area contributed by atoms with E-state index in [0.29, 0.717) is 38.0 Å². The van der Waals surface area contributed by atoms with Crippen molar-refractivity contribution in [1.82, 2.24) is 15.2 Å². The van der Waals surface area contributed by atoms with Gasteiger partial charge in [-0.2, -0.15) is 0 Å². The van der Waals surface area contributed by atoms with Crippen molar-refractivity contribution in [3.63, 3.8) is 0 Å². The Labute approximate surface area is 168 Å². The van der Waals surface area contributed by atoms with Crippen LogP contribution in [0.5, 0.6) is 0 Å². The molecule has 0 aliphatic carbocycles. The van der Waals surface area contributed by atoms with Crippen LogP contribution in [0.4, 0.5) is 8.78 Å². The minimum Gasteiger partial charge on any atom is -0.358 e. The lowest BCUT2D eigenvalue weighted by atomic mass is 9.80. The van der Waals surface area contributed by atoms with E-state index in [9.17, 15) is 13.6 Å². The SMILES string of the molecule is CC(=O)NC1(c2ccccc2F)CCN(Cc2c(C)[nH]c3ccc(F)cc23)CC1. The molecule has 0 unspecified atom stereocenters. The Balaban J connectivity index is 1.57. The Hall–Kier alpha value is -2.73. The van der Waals surface area contributed by atoms with Gasteiger partial charge < -0.3 is 10.3 Å². The maximum absolute atomic E-state index is 14.5. The number of piperidine rings is 1. The standard InChI is InChI=1S/C23H25F2N3O/c1-15-19(18-13-17(24)7-8-22(18)26-15)14-28-11-9-23(10-12-28,27-16(2)29)20-5-3-4-6-21(20)25/h3-8,13,26H,9-12,14H2,1-2H3,(H,27,29). The summed E-state index contributed by atoms with van der Waals surface area (Å²) in [6.45, 7) is 5.56. The largest absolute Gasteiger partial charge is 0.358 e. The number of nitrogens with zero attached hydrogens (tertiary/aromatic N) is 1. The van der Waals surface area contributed by atoms with E-state index in [4.69, 9.17) is 0 Å². The predicted octanol–water partition coefficient (Wildman–Crippen LogP) is 4.38. The van der Waals surface area contributed by atoms with E-state index in [1.807, 2.05) is 6.92 Å². The van der Waals surface area contributed by atoms with Crippen molar-refractivity contribution in [2.45, 2.75) is 38.8 Å². The molecule has 152 valence electrons. The van der Waals surface area contributed by atoms with Gasteiger partial charge in [0, 0.05) is 48.7 Å². The fourth-order valence-electron chi connectivity index (χ4n) is 4.52. The Bertz CT molecular complexity index is 1050. The topological polar surface area (TPSA) is 48.1 Å². The molecule has 1 aliphatic rings. The zero-order valence-corrected chi connectivity index (χ0v) is 16.7. The fourth-order valence-corrected chi connectivity index (χ4v) is 4.52. The van der Waals surface area contributed by atoms with Crippen molar-refractivity contribution >= 4 is 16.8 Å². The van der Waals surface area contributed by atoms with Gasteiger partial charge in [-0.3, -0.25) is 9.69 Å². The van der Waals surface area contributed by atoms with E-state index in [1.165, 1.54) is 19.1 Å². The zero-order chi connectivity index (χ0) is 20.6. The number of amides is 1. The Morgan fingerprint density at radius 2 is 1.90 bits per heavy atom. The lowest BCUT2D eigenvalue weighted by molar-refractivity contribution is -0.121. The number of hydrogen-bond acceptors (Lipinski definition) is 2. The van der Waals surface area contributed by atoms with Crippen LogP contribution in [0.1, 0.15) is 36.6 Å². The number of H-pyrrole nitrogens is 1. The molecule has 3 aromatic rings. The predicted molar refractivity (Wildman–Crippen MR) is 109 cm³/mol. The first-order chi connectivity index (χ1) is 13.9. The number of hydrogen-bond donors (Lipinski definition) is 2. The molecule has 6 heteroatoms. The molecule has 0 atom stereocenters. The van der Waals surface area contributed by atoms with Crippen molar-refractivity contribution in [3.05, 3.63) is 70.9 Å². The Kier molecular flexibility index (Phi) is 5.13. The van der Waals surface area contributed by atoms with E-state index in [0.717, 1.165) is 22.2 Å². The summed E-state index contributed by atoms with van der Waals surface area (Å²) in [7, 11) is 0. The van der Waals surface area contributed by atoms with Crippen LogP contribution < -0.4 is 5.32 Å². The second kappa shape index (κ2) is 7.59. The number of carbonyl (C=O) groups excluding carboxylic acids is 1. The van der Waals surface area contributed by atoms with Crippen molar-refractivity contribution in [1.29, 1.82) is 0 Å². The summed E-state index contributed by atoms with van der Waals surface area (Å²) in [6, 6.07) is 11.4. The van der Waals surface area contributed by atoms with E-state index >= 15 is 0 Å². The monoisotopic (exact) mass is 397 g/mol. The van der Waals surface area contributed by atoms with Gasteiger partial charge in [-0.25, -0.2) is 8.78 Å². The molecular formula is C23H25F2N3O. The number of benzene rings is 2. The molecule has 2 heterocycles. The quantitative estimate of drug-likeness (QED) is 0.686. The van der Waals surface area contributed by atoms with E-state index in [-0.39, 0.29) is 17.5 Å². The molecular weight excluding hydrogens is 372 g/mol. The van der Waals surface area contributed by atoms with E-state index in [2.05, 4.69) is 15.2 Å². The van der Waals surface area contributed by atoms with Gasteiger partial charge in [0.25, 0.3) is 0 Å². The van der Waals surface area contributed by atoms with Crippen molar-refractivity contribution in [2.24, 2.45) is 0 Å². The first-order valence-corrected chi connectivity index (χ1v) is 9.91. The van der Waals surface area contributed by atoms with Gasteiger partial charge in [-0.05, 0) is 49.6 Å². The maximum Gasteiger partial charge on any atom is 0.217 e. The molecule has 1 saturated heterocycles. The maximum atomic E-state index is 14.5. The highest BCUT2D eigenvalue weighted by atomic mass is 19.1. The molecule has 4 rings (SSSR count). The number of aromatic amines is 1. The molecule has 1 amide bonds. The van der Waals surface area contributed by atoms with E-state index < -0.39 is 5.54 Å². The summed E-state index contributed by atoms with van der Waals surface area (Å²) in [4.78, 5) is 17.5. The molecule has 0 bridgehead atoms. The first-order valence-electron chi connectivity index (χ1n) is 9.91. The summed E-state index contributed by atoms with van der Waals surface area (Å²) in [6.07, 6.45) is 1.23. The third kappa shape index (κ3) is 3.77. The Morgan fingerprint density at radius 1 is 1.17 bits per heavy atom. The number of nitrogens with one attached hydrogen (secondary N) is 2. The number of aromatic nitrogens is 1. The molecule has 0 spiro atoms. The second-order valence-corrected chi connectivity index (χ2v) is 7.94. The number of rotatable bonds is 4. The highest BCUT2D eigenvalue weighted by Crippen LogP contribution is 2.35. The summed E-state index contributed by atoms with van der Waals surface area (Å²) < 4.78 is 28.3. The highest BCUT2D eigenvalue weighted by molar-refractivity contribution is 5.84. The average molecular weight is 397 g/mol. The van der Waals surface area contributed by atoms with Crippen LogP contribution in [0, 0.1) is 18.6 Å². The van der Waals surface area contributed by atoms with Crippen molar-refractivity contribution < 1.29 is 13.6 Å². The van der Waals surface area contributed by atoms with Crippen LogP contribution in [-0.2, 0) is 16.9 Å². The first kappa shape index (κ1) is 19.6. The number of fused-ring (bicyclic) bond motifs is 1. The van der Waals surface area contributed by atoms with Crippen LogP contribution >= 0.6 is 0 Å². The summed E-state index contributed by atoms with van der Waals surface area (Å²) in [5.74, 6) is -0.706. The average Bonchev–Trinajstić information content (AvgIpc) is 2.98. The minimum absolute atomic E-state index is 0.162. The molecule has 2 N–H and O–H groups in total. The molecule has 0 radical (unpaired) electrons. The zero-order valence-electron chi connectivity index (χ0n) is 16.7. The second-order valence-electron chi connectivity index (χ2n) is 7.94. The van der Waals surface area contributed by atoms with Crippen LogP contribution in [0.3, 0.4) is 0 Å². The molecule has 0 saturated carbocycles. The van der Waals surface area contributed by atoms with Gasteiger partial charge in [0.15, 0.2) is 0 Å². The van der Waals surface area contributed by atoms with Crippen LogP contribution in [0.2, 0.25) is 0 Å². The molecule has 2 aromatic carbocycles. The van der Waals surface area contributed by atoms with E-state index in [1.54, 1.807) is 30.3 Å². The number of halogens is 2.